The van der Waals surface area contributed by atoms with Crippen LogP contribution >= 0.6 is 0 Å². The standard InChI is InChI=1S/C29H38N2O5.BrH/c1-28(2,3)36-27(33)30-17-10-18-31-19-15-22(16-20-31)25(21-31)35-26(32)29(34,23-11-6-4-7-12-23)24-13-8-5-9-14-24;/h4-9,11-14,22,25,34H,10,15-21H2,1-3H3;1H/t22?,25-,31?;/m0./s1. The van der Waals surface area contributed by atoms with Crippen LogP contribution in [0.4, 0.5) is 4.79 Å². The minimum absolute atomic E-state index is 0. The van der Waals surface area contributed by atoms with E-state index >= 15 is 0 Å². The van der Waals surface area contributed by atoms with Crippen molar-refractivity contribution >= 4 is 12.1 Å². The molecule has 3 saturated heterocycles. The third-order valence-electron chi connectivity index (χ3n) is 7.46. The molecule has 0 aromatic heterocycles. The maximum atomic E-state index is 13.6. The summed E-state index contributed by atoms with van der Waals surface area (Å²) >= 11 is 0. The van der Waals surface area contributed by atoms with Gasteiger partial charge in [0.1, 0.15) is 12.1 Å². The number of nitrogens with zero attached hydrogens (tertiary/aromatic N) is 1. The van der Waals surface area contributed by atoms with Crippen LogP contribution < -0.4 is 22.3 Å². The second kappa shape index (κ2) is 12.0. The molecule has 8 heteroatoms. The number of halogens is 1. The van der Waals surface area contributed by atoms with Crippen molar-refractivity contribution in [1.82, 2.24) is 5.32 Å². The number of benzene rings is 2. The lowest BCUT2D eigenvalue weighted by Gasteiger charge is -2.52. The molecule has 3 fully saturated rings. The maximum Gasteiger partial charge on any atom is 0.407 e. The Bertz CT molecular complexity index is 994. The van der Waals surface area contributed by atoms with Crippen molar-refractivity contribution in [2.24, 2.45) is 5.92 Å². The third-order valence-corrected chi connectivity index (χ3v) is 7.46. The Balaban J connectivity index is 0.00000380. The van der Waals surface area contributed by atoms with Gasteiger partial charge in [0.15, 0.2) is 6.10 Å². The molecular weight excluding hydrogens is 536 g/mol. The average molecular weight is 576 g/mol. The first-order chi connectivity index (χ1) is 17.1. The van der Waals surface area contributed by atoms with E-state index in [0.717, 1.165) is 49.9 Å². The zero-order chi connectivity index (χ0) is 25.8. The molecule has 2 bridgehead atoms. The van der Waals surface area contributed by atoms with Crippen molar-refractivity contribution in [3.05, 3.63) is 71.8 Å². The first-order valence-electron chi connectivity index (χ1n) is 13.0. The fourth-order valence-electron chi connectivity index (χ4n) is 5.57. The minimum atomic E-state index is -1.86. The Labute approximate surface area is 230 Å². The normalized spacial score (nSPS) is 23.0. The summed E-state index contributed by atoms with van der Waals surface area (Å²) in [6, 6.07) is 18.0. The monoisotopic (exact) mass is 574 g/mol. The van der Waals surface area contributed by atoms with Gasteiger partial charge in [0, 0.05) is 31.7 Å². The Kier molecular flexibility index (Phi) is 9.42. The number of fused-ring (bicyclic) bond motifs is 3. The Morgan fingerprint density at radius 1 is 0.973 bits per heavy atom. The molecule has 1 amide bonds. The predicted molar refractivity (Wildman–Crippen MR) is 137 cm³/mol. The molecule has 0 radical (unpaired) electrons. The summed E-state index contributed by atoms with van der Waals surface area (Å²) < 4.78 is 12.3. The lowest BCUT2D eigenvalue weighted by Crippen LogP contribution is -3.00. The third kappa shape index (κ3) is 6.92. The summed E-state index contributed by atoms with van der Waals surface area (Å²) in [5.41, 5.74) is -1.38. The van der Waals surface area contributed by atoms with Gasteiger partial charge in [-0.1, -0.05) is 60.7 Å². The molecule has 7 nitrogen and oxygen atoms in total. The van der Waals surface area contributed by atoms with Crippen LogP contribution in [0.15, 0.2) is 60.7 Å². The molecule has 2 aromatic rings. The lowest BCUT2D eigenvalue weighted by atomic mass is 9.82. The number of amides is 1. The molecule has 2 aromatic carbocycles. The van der Waals surface area contributed by atoms with Gasteiger partial charge >= 0.3 is 12.1 Å². The van der Waals surface area contributed by atoms with Gasteiger partial charge in [-0.05, 0) is 31.9 Å². The number of aliphatic hydroxyl groups is 1. The van der Waals surface area contributed by atoms with Gasteiger partial charge in [0.05, 0.1) is 19.6 Å². The Hall–Kier alpha value is -2.42. The van der Waals surface area contributed by atoms with Gasteiger partial charge in [-0.3, -0.25) is 0 Å². The molecule has 3 aliphatic heterocycles. The molecule has 202 valence electrons. The highest BCUT2D eigenvalue weighted by molar-refractivity contribution is 5.85. The van der Waals surface area contributed by atoms with E-state index in [1.807, 2.05) is 57.2 Å². The fraction of sp³-hybridized carbons (Fsp3) is 0.517. The van der Waals surface area contributed by atoms with Gasteiger partial charge in [-0.15, -0.1) is 0 Å². The number of quaternary nitrogens is 1. The van der Waals surface area contributed by atoms with E-state index in [-0.39, 0.29) is 23.1 Å². The van der Waals surface area contributed by atoms with Crippen LogP contribution in [0.25, 0.3) is 0 Å². The molecule has 2 N–H and O–H groups in total. The highest BCUT2D eigenvalue weighted by atomic mass is 79.9. The van der Waals surface area contributed by atoms with Gasteiger partial charge in [-0.2, -0.15) is 0 Å². The van der Waals surface area contributed by atoms with Crippen molar-refractivity contribution in [3.8, 4) is 0 Å². The van der Waals surface area contributed by atoms with E-state index in [1.54, 1.807) is 24.3 Å². The number of hydrogen-bond acceptors (Lipinski definition) is 5. The van der Waals surface area contributed by atoms with E-state index in [1.165, 1.54) is 0 Å². The number of esters is 1. The van der Waals surface area contributed by atoms with E-state index in [9.17, 15) is 14.7 Å². The molecule has 3 aliphatic rings. The van der Waals surface area contributed by atoms with Gasteiger partial charge in [-0.25, -0.2) is 9.59 Å². The first-order valence-corrected chi connectivity index (χ1v) is 13.0. The number of carbonyl (C=O) groups is 2. The van der Waals surface area contributed by atoms with E-state index < -0.39 is 23.3 Å². The molecule has 0 unspecified atom stereocenters. The minimum Gasteiger partial charge on any atom is -1.00 e. The van der Waals surface area contributed by atoms with Crippen LogP contribution in [0.1, 0.15) is 51.2 Å². The van der Waals surface area contributed by atoms with Gasteiger partial charge in [0.25, 0.3) is 0 Å². The molecule has 1 atom stereocenters. The molecule has 0 spiro atoms. The number of hydrogen-bond donors (Lipinski definition) is 2. The summed E-state index contributed by atoms with van der Waals surface area (Å²) in [6.07, 6.45) is 2.17. The Morgan fingerprint density at radius 2 is 1.51 bits per heavy atom. The van der Waals surface area contributed by atoms with E-state index in [0.29, 0.717) is 23.6 Å². The zero-order valence-corrected chi connectivity index (χ0v) is 23.6. The summed E-state index contributed by atoms with van der Waals surface area (Å²) in [5, 5.41) is 14.6. The van der Waals surface area contributed by atoms with E-state index in [4.69, 9.17) is 9.47 Å². The Morgan fingerprint density at radius 3 is 2.03 bits per heavy atom. The molecule has 37 heavy (non-hydrogen) atoms. The van der Waals surface area contributed by atoms with Crippen molar-refractivity contribution in [3.63, 3.8) is 0 Å². The van der Waals surface area contributed by atoms with Crippen molar-refractivity contribution in [2.45, 2.75) is 57.3 Å². The van der Waals surface area contributed by atoms with Crippen LogP contribution in [0, 0.1) is 5.92 Å². The predicted octanol–water partition coefficient (Wildman–Crippen LogP) is 0.994. The van der Waals surface area contributed by atoms with Crippen molar-refractivity contribution < 1.29 is 45.6 Å². The van der Waals surface area contributed by atoms with Crippen molar-refractivity contribution in [2.75, 3.05) is 32.7 Å². The zero-order valence-electron chi connectivity index (χ0n) is 22.0. The number of ether oxygens (including phenoxy) is 2. The molecular formula is C29H39BrN2O5. The number of nitrogens with one attached hydrogen (secondary N) is 1. The molecule has 0 aliphatic carbocycles. The molecule has 5 rings (SSSR count). The number of carbonyl (C=O) groups excluding carboxylic acids is 2. The maximum absolute atomic E-state index is 13.6. The highest BCUT2D eigenvalue weighted by Gasteiger charge is 2.50. The first kappa shape index (κ1) is 29.1. The number of alkyl carbamates (subject to hydrolysis) is 1. The van der Waals surface area contributed by atoms with Crippen LogP contribution in [0.3, 0.4) is 0 Å². The van der Waals surface area contributed by atoms with Gasteiger partial charge in [0.2, 0.25) is 5.60 Å². The summed E-state index contributed by atoms with van der Waals surface area (Å²) in [5.74, 6) is -0.312. The number of piperidine rings is 3. The summed E-state index contributed by atoms with van der Waals surface area (Å²) in [7, 11) is 0. The van der Waals surface area contributed by atoms with Crippen LogP contribution in [0.5, 0.6) is 0 Å². The van der Waals surface area contributed by atoms with Crippen LogP contribution in [-0.2, 0) is 19.9 Å². The second-order valence-corrected chi connectivity index (χ2v) is 11.2. The van der Waals surface area contributed by atoms with Gasteiger partial charge < -0.3 is 41.4 Å². The fourth-order valence-corrected chi connectivity index (χ4v) is 5.57. The topological polar surface area (TPSA) is 84.9 Å². The lowest BCUT2D eigenvalue weighted by molar-refractivity contribution is -0.946. The summed E-state index contributed by atoms with van der Waals surface area (Å²) in [6.45, 7) is 9.83. The SMILES string of the molecule is CC(C)(C)OC(=O)NCCC[N+]12CCC(CC1)[C@@H](OC(=O)C(O)(c1ccccc1)c1ccccc1)C2.[Br-]. The smallest absolute Gasteiger partial charge is 0.407 e. The highest BCUT2D eigenvalue weighted by Crippen LogP contribution is 2.38. The quantitative estimate of drug-likeness (QED) is 0.279. The van der Waals surface area contributed by atoms with Crippen molar-refractivity contribution in [1.29, 1.82) is 0 Å². The van der Waals surface area contributed by atoms with Crippen LogP contribution in [0.2, 0.25) is 0 Å². The second-order valence-electron chi connectivity index (χ2n) is 11.2. The molecule has 0 saturated carbocycles. The molecule has 3 heterocycles. The summed E-state index contributed by atoms with van der Waals surface area (Å²) in [4.78, 5) is 25.6. The number of rotatable bonds is 8. The van der Waals surface area contributed by atoms with E-state index in [2.05, 4.69) is 5.32 Å². The largest absolute Gasteiger partial charge is 1.00 e. The van der Waals surface area contributed by atoms with Crippen LogP contribution in [-0.4, -0.2) is 66.1 Å². The average Bonchev–Trinajstić information content (AvgIpc) is 2.87.